The highest BCUT2D eigenvalue weighted by molar-refractivity contribution is 7.46. The van der Waals surface area contributed by atoms with Crippen molar-refractivity contribution in [3.05, 3.63) is 0 Å². The molecule has 1 amide bonds. The molecule has 1 rings (SSSR count). The molecule has 0 aliphatic carbocycles. The summed E-state index contributed by atoms with van der Waals surface area (Å²) in [5.41, 5.74) is 0. The van der Waals surface area contributed by atoms with E-state index in [-0.39, 0.29) is 0 Å². The number of carboxylic acid groups (broad SMARTS) is 1. The minimum absolute atomic E-state index is 0.688. The zero-order valence-corrected chi connectivity index (χ0v) is 13.8. The first-order valence-corrected chi connectivity index (χ1v) is 8.45. The van der Waals surface area contributed by atoms with Gasteiger partial charge in [-0.05, 0) is 0 Å². The molecular weight excluding hydrogens is 369 g/mol. The summed E-state index contributed by atoms with van der Waals surface area (Å²) in [5.74, 6) is -5.48. The van der Waals surface area contributed by atoms with Gasteiger partial charge in [0.05, 0.1) is 18.8 Å². The minimum atomic E-state index is -4.97. The van der Waals surface area contributed by atoms with Gasteiger partial charge < -0.3 is 45.4 Å². The number of carbonyl (C=O) groups is 2. The van der Waals surface area contributed by atoms with Crippen LogP contribution in [0.1, 0.15) is 13.3 Å². The van der Waals surface area contributed by atoms with E-state index in [0.717, 1.165) is 6.92 Å². The average Bonchev–Trinajstić information content (AvgIpc) is 2.45. The molecule has 0 radical (unpaired) electrons. The van der Waals surface area contributed by atoms with E-state index in [9.17, 15) is 34.6 Å². The normalized spacial score (nSPS) is 32.7. The van der Waals surface area contributed by atoms with Gasteiger partial charge in [-0.25, -0.2) is 9.36 Å². The molecule has 0 aromatic heterocycles. The second kappa shape index (κ2) is 8.03. The first-order chi connectivity index (χ1) is 11.3. The van der Waals surface area contributed by atoms with E-state index in [1.165, 1.54) is 0 Å². The van der Waals surface area contributed by atoms with Crippen molar-refractivity contribution in [2.24, 2.45) is 0 Å². The van der Waals surface area contributed by atoms with Crippen molar-refractivity contribution in [2.45, 2.75) is 49.6 Å². The number of amides is 1. The summed E-state index contributed by atoms with van der Waals surface area (Å²) in [7, 11) is -4.97. The molecular formula is C11H20NO12P. The molecule has 1 saturated heterocycles. The molecule has 146 valence electrons. The Hall–Kier alpha value is -1.15. The summed E-state index contributed by atoms with van der Waals surface area (Å²) in [5, 5.41) is 50.9. The van der Waals surface area contributed by atoms with Crippen LogP contribution in [0.15, 0.2) is 0 Å². The first kappa shape index (κ1) is 21.9. The first-order valence-electron chi connectivity index (χ1n) is 6.92. The molecule has 0 bridgehead atoms. The predicted octanol–water partition coefficient (Wildman–Crippen LogP) is -3.75. The molecule has 0 spiro atoms. The summed E-state index contributed by atoms with van der Waals surface area (Å²) >= 11 is 0. The molecule has 25 heavy (non-hydrogen) atoms. The van der Waals surface area contributed by atoms with E-state index in [2.05, 4.69) is 9.84 Å². The fourth-order valence-corrected chi connectivity index (χ4v) is 2.65. The van der Waals surface area contributed by atoms with Crippen LogP contribution in [0.2, 0.25) is 0 Å². The van der Waals surface area contributed by atoms with E-state index in [4.69, 9.17) is 19.6 Å². The Morgan fingerprint density at radius 2 is 1.96 bits per heavy atom. The van der Waals surface area contributed by atoms with Crippen LogP contribution in [0.3, 0.4) is 0 Å². The Morgan fingerprint density at radius 1 is 1.40 bits per heavy atom. The number of hydrogen-bond donors (Lipinski definition) is 8. The van der Waals surface area contributed by atoms with Crippen molar-refractivity contribution < 1.29 is 58.7 Å². The molecule has 3 unspecified atom stereocenters. The summed E-state index contributed by atoms with van der Waals surface area (Å²) < 4.78 is 19.5. The highest BCUT2D eigenvalue weighted by atomic mass is 31.2. The third-order valence-electron chi connectivity index (χ3n) is 3.43. The Morgan fingerprint density at radius 3 is 2.40 bits per heavy atom. The predicted molar refractivity (Wildman–Crippen MR) is 75.7 cm³/mol. The standard InChI is InChI=1S/C11H20NO12P/c1-4(13)12-7-5(14)2-11(19,10(17)18)24-9(7)8(16)6(15)3-23-25(20,21)22/h5-9,14-16,19H,2-3H2,1H3,(H,12,13)(H,17,18)(H2,20,21,22)/t5-,6?,7+,8?,9+,11?/m0/s1. The summed E-state index contributed by atoms with van der Waals surface area (Å²) in [6, 6.07) is -1.42. The SMILES string of the molecule is CC(=O)N[C@@H]1[C@@H](O)CC(O)(C(=O)O)O[C@H]1C(O)C(O)COP(=O)(O)O. The molecule has 1 aliphatic heterocycles. The van der Waals surface area contributed by atoms with E-state index in [0.29, 0.717) is 0 Å². The van der Waals surface area contributed by atoms with Gasteiger partial charge in [-0.3, -0.25) is 9.32 Å². The van der Waals surface area contributed by atoms with Gasteiger partial charge in [0.15, 0.2) is 0 Å². The van der Waals surface area contributed by atoms with Gasteiger partial charge in [0.25, 0.3) is 5.79 Å². The average molecular weight is 389 g/mol. The molecule has 1 heterocycles. The largest absolute Gasteiger partial charge is 0.477 e. The fourth-order valence-electron chi connectivity index (χ4n) is 2.30. The van der Waals surface area contributed by atoms with Crippen molar-refractivity contribution in [3.8, 4) is 0 Å². The Labute approximate surface area is 141 Å². The molecule has 13 nitrogen and oxygen atoms in total. The van der Waals surface area contributed by atoms with E-state index in [1.807, 2.05) is 0 Å². The van der Waals surface area contributed by atoms with Crippen LogP contribution in [0, 0.1) is 0 Å². The number of aliphatic carboxylic acids is 1. The van der Waals surface area contributed by atoms with Crippen molar-refractivity contribution in [3.63, 3.8) is 0 Å². The maximum Gasteiger partial charge on any atom is 0.469 e. The second-order valence-corrected chi connectivity index (χ2v) is 6.75. The molecule has 14 heteroatoms. The maximum atomic E-state index is 11.2. The molecule has 1 fully saturated rings. The highest BCUT2D eigenvalue weighted by Crippen LogP contribution is 2.36. The van der Waals surface area contributed by atoms with Crippen LogP contribution in [0.25, 0.3) is 0 Å². The number of ether oxygens (including phenoxy) is 1. The number of nitrogens with one attached hydrogen (secondary N) is 1. The number of aliphatic hydroxyl groups is 4. The Kier molecular flexibility index (Phi) is 7.03. The molecule has 0 aromatic carbocycles. The lowest BCUT2D eigenvalue weighted by Crippen LogP contribution is -2.67. The van der Waals surface area contributed by atoms with Crippen molar-refractivity contribution >= 4 is 19.7 Å². The zero-order chi connectivity index (χ0) is 19.6. The summed E-state index contributed by atoms with van der Waals surface area (Å²) in [6.45, 7) is -0.0127. The number of phosphoric ester groups is 1. The van der Waals surface area contributed by atoms with E-state index < -0.39 is 69.0 Å². The van der Waals surface area contributed by atoms with Gasteiger partial charge in [-0.15, -0.1) is 0 Å². The number of carbonyl (C=O) groups excluding carboxylic acids is 1. The molecule has 8 N–H and O–H groups in total. The Balaban J connectivity index is 3.02. The van der Waals surface area contributed by atoms with Crippen LogP contribution in [-0.2, 0) is 23.4 Å². The quantitative estimate of drug-likeness (QED) is 0.197. The van der Waals surface area contributed by atoms with Crippen LogP contribution in [-0.4, -0.2) is 90.0 Å². The number of carboxylic acids is 1. The monoisotopic (exact) mass is 389 g/mol. The second-order valence-electron chi connectivity index (χ2n) is 5.51. The smallest absolute Gasteiger partial charge is 0.469 e. The van der Waals surface area contributed by atoms with Gasteiger partial charge in [-0.1, -0.05) is 0 Å². The molecule has 0 aromatic rings. The fraction of sp³-hybridized carbons (Fsp3) is 0.818. The van der Waals surface area contributed by atoms with E-state index in [1.54, 1.807) is 0 Å². The number of hydrogen-bond acceptors (Lipinski definition) is 9. The van der Waals surface area contributed by atoms with E-state index >= 15 is 0 Å². The third-order valence-corrected chi connectivity index (χ3v) is 3.92. The van der Waals surface area contributed by atoms with Gasteiger partial charge >= 0.3 is 13.8 Å². The number of aliphatic hydroxyl groups excluding tert-OH is 3. The van der Waals surface area contributed by atoms with Crippen molar-refractivity contribution in [1.29, 1.82) is 0 Å². The van der Waals surface area contributed by atoms with Gasteiger partial charge in [0.1, 0.15) is 18.3 Å². The lowest BCUT2D eigenvalue weighted by atomic mass is 9.88. The van der Waals surface area contributed by atoms with Crippen molar-refractivity contribution in [2.75, 3.05) is 6.61 Å². The highest BCUT2D eigenvalue weighted by Gasteiger charge is 2.54. The van der Waals surface area contributed by atoms with Gasteiger partial charge in [0, 0.05) is 13.3 Å². The lowest BCUT2D eigenvalue weighted by molar-refractivity contribution is -0.294. The molecule has 0 saturated carbocycles. The molecule has 6 atom stereocenters. The topological polar surface area (TPSA) is 223 Å². The van der Waals surface area contributed by atoms with Crippen LogP contribution >= 0.6 is 7.82 Å². The maximum absolute atomic E-state index is 11.2. The molecule has 1 aliphatic rings. The van der Waals surface area contributed by atoms with Gasteiger partial charge in [-0.2, -0.15) is 0 Å². The number of rotatable bonds is 7. The summed E-state index contributed by atoms with van der Waals surface area (Å²) in [6.07, 6.45) is -8.43. The van der Waals surface area contributed by atoms with Gasteiger partial charge in [0.2, 0.25) is 5.91 Å². The van der Waals surface area contributed by atoms with Crippen LogP contribution in [0.4, 0.5) is 0 Å². The lowest BCUT2D eigenvalue weighted by Gasteiger charge is -2.44. The third kappa shape index (κ3) is 5.95. The number of phosphoric acid groups is 1. The van der Waals surface area contributed by atoms with Crippen LogP contribution in [0.5, 0.6) is 0 Å². The Bertz CT molecular complexity index is 551. The van der Waals surface area contributed by atoms with Crippen molar-refractivity contribution in [1.82, 2.24) is 5.32 Å². The zero-order valence-electron chi connectivity index (χ0n) is 12.9. The van der Waals surface area contributed by atoms with Crippen LogP contribution < -0.4 is 5.32 Å². The minimum Gasteiger partial charge on any atom is -0.477 e. The summed E-state index contributed by atoms with van der Waals surface area (Å²) in [4.78, 5) is 39.5.